The van der Waals surface area contributed by atoms with E-state index < -0.39 is 31.7 Å². The minimum absolute atomic E-state index is 0.0111. The lowest BCUT2D eigenvalue weighted by Gasteiger charge is -2.10. The van der Waals surface area contributed by atoms with Crippen molar-refractivity contribution in [3.8, 4) is 0 Å². The molecule has 0 spiro atoms. The Labute approximate surface area is 72.4 Å². The zero-order valence-corrected chi connectivity index (χ0v) is 6.10. The number of rotatable bonds is 4. The van der Waals surface area contributed by atoms with E-state index in [0.717, 1.165) is 6.92 Å². The summed E-state index contributed by atoms with van der Waals surface area (Å²) in [4.78, 5) is 11.0. The van der Waals surface area contributed by atoms with Crippen LogP contribution in [-0.2, 0) is 9.53 Å². The predicted molar refractivity (Wildman–Crippen MR) is 40.8 cm³/mol. The molecule has 0 aromatic heterocycles. The first-order valence-electron chi connectivity index (χ1n) is 6.57. The van der Waals surface area contributed by atoms with E-state index in [-0.39, 0.29) is 6.42 Å². The minimum Gasteiger partial charge on any atom is -0.463 e. The van der Waals surface area contributed by atoms with Crippen LogP contribution >= 0.6 is 0 Å². The molecule has 1 unspecified atom stereocenters. The van der Waals surface area contributed by atoms with Gasteiger partial charge in [-0.3, -0.25) is 4.79 Å². The van der Waals surface area contributed by atoms with Gasteiger partial charge in [-0.05, 0) is 13.3 Å². The van der Waals surface area contributed by atoms with Crippen LogP contribution in [0.15, 0.2) is 0 Å². The van der Waals surface area contributed by atoms with Gasteiger partial charge in [-0.1, -0.05) is 20.1 Å². The van der Waals surface area contributed by atoms with Crippen LogP contribution in [0.5, 0.6) is 0 Å². The van der Waals surface area contributed by atoms with Crippen LogP contribution in [0.2, 0.25) is 0 Å². The highest BCUT2D eigenvalue weighted by Crippen LogP contribution is 2.01. The van der Waals surface area contributed by atoms with Gasteiger partial charge in [-0.25, -0.2) is 0 Å². The summed E-state index contributed by atoms with van der Waals surface area (Å²) in [6, 6.07) is 0. The summed E-state index contributed by atoms with van der Waals surface area (Å²) in [5.41, 5.74) is 0. The van der Waals surface area contributed by atoms with Gasteiger partial charge < -0.3 is 4.74 Å². The van der Waals surface area contributed by atoms with E-state index in [2.05, 4.69) is 4.74 Å². The SMILES string of the molecule is [2H]C([2H])([2H])C([2H])([2H])C([2H])([2H])C(C)OC(=O)CC. The van der Waals surface area contributed by atoms with Gasteiger partial charge in [0.2, 0.25) is 0 Å². The van der Waals surface area contributed by atoms with E-state index in [0.29, 0.717) is 0 Å². The summed E-state index contributed by atoms with van der Waals surface area (Å²) in [6.07, 6.45) is -7.38. The van der Waals surface area contributed by atoms with Crippen LogP contribution in [0.3, 0.4) is 0 Å². The minimum atomic E-state index is -3.14. The molecule has 0 bridgehead atoms. The van der Waals surface area contributed by atoms with E-state index >= 15 is 0 Å². The molecular weight excluding hydrogens is 128 g/mol. The number of hydrogen-bond acceptors (Lipinski definition) is 2. The fourth-order valence-electron chi connectivity index (χ4n) is 0.412. The van der Waals surface area contributed by atoms with Crippen molar-refractivity contribution in [2.24, 2.45) is 0 Å². The average molecular weight is 151 g/mol. The first-order valence-corrected chi connectivity index (χ1v) is 3.07. The molecule has 0 rings (SSSR count). The van der Waals surface area contributed by atoms with Gasteiger partial charge in [0.05, 0.1) is 6.10 Å². The third-order valence-corrected chi connectivity index (χ3v) is 0.872. The fourth-order valence-corrected chi connectivity index (χ4v) is 0.412. The van der Waals surface area contributed by atoms with Crippen LogP contribution in [0.25, 0.3) is 0 Å². The van der Waals surface area contributed by atoms with E-state index in [1.807, 2.05) is 0 Å². The molecule has 0 aromatic rings. The van der Waals surface area contributed by atoms with Gasteiger partial charge in [0.1, 0.15) is 0 Å². The normalized spacial score (nSPS) is 27.2. The second-order valence-corrected chi connectivity index (χ2v) is 1.75. The molecule has 0 saturated carbocycles. The Morgan fingerprint density at radius 2 is 2.60 bits per heavy atom. The molecule has 60 valence electrons. The molecule has 10 heavy (non-hydrogen) atoms. The lowest BCUT2D eigenvalue weighted by molar-refractivity contribution is -0.148. The second-order valence-electron chi connectivity index (χ2n) is 1.75. The average Bonchev–Trinajstić information content (AvgIpc) is 2.15. The third kappa shape index (κ3) is 4.36. The molecule has 0 heterocycles. The smallest absolute Gasteiger partial charge is 0.305 e. The van der Waals surface area contributed by atoms with E-state index in [9.17, 15) is 4.79 Å². The molecule has 0 aromatic carbocycles. The highest BCUT2D eigenvalue weighted by atomic mass is 16.5. The number of ether oxygens (including phenoxy) is 1. The lowest BCUT2D eigenvalue weighted by Crippen LogP contribution is -2.13. The zero-order valence-electron chi connectivity index (χ0n) is 13.1. The first kappa shape index (κ1) is 2.84. The Morgan fingerprint density at radius 1 is 1.90 bits per heavy atom. The van der Waals surface area contributed by atoms with Gasteiger partial charge >= 0.3 is 5.97 Å². The van der Waals surface area contributed by atoms with E-state index in [4.69, 9.17) is 9.60 Å². The van der Waals surface area contributed by atoms with Gasteiger partial charge in [-0.2, -0.15) is 0 Å². The standard InChI is InChI=1S/C8H16O2/c1-4-6-7(3)10-8(9)5-2/h7H,4-6H2,1-3H3/i1D3,4D2,6D2. The van der Waals surface area contributed by atoms with Crippen LogP contribution in [0.4, 0.5) is 0 Å². The van der Waals surface area contributed by atoms with Crippen molar-refractivity contribution in [1.82, 2.24) is 0 Å². The van der Waals surface area contributed by atoms with Crippen molar-refractivity contribution < 1.29 is 19.1 Å². The number of carbonyl (C=O) groups is 1. The molecule has 0 aliphatic heterocycles. The Kier molecular flexibility index (Phi) is 1.50. The van der Waals surface area contributed by atoms with Crippen molar-refractivity contribution in [1.29, 1.82) is 0 Å². The summed E-state index contributed by atoms with van der Waals surface area (Å²) in [6.45, 7) is -0.496. The van der Waals surface area contributed by atoms with Crippen molar-refractivity contribution in [2.75, 3.05) is 0 Å². The highest BCUT2D eigenvalue weighted by Gasteiger charge is 2.04. The maximum Gasteiger partial charge on any atom is 0.305 e. The third-order valence-electron chi connectivity index (χ3n) is 0.872. The molecule has 0 aliphatic carbocycles. The fraction of sp³-hybridized carbons (Fsp3) is 0.875. The van der Waals surface area contributed by atoms with Crippen molar-refractivity contribution in [3.05, 3.63) is 0 Å². The number of hydrogen-bond donors (Lipinski definition) is 0. The molecular formula is C8H16O2. The van der Waals surface area contributed by atoms with Crippen LogP contribution in [0, 0.1) is 0 Å². The predicted octanol–water partition coefficient (Wildman–Crippen LogP) is 2.13. The van der Waals surface area contributed by atoms with Crippen LogP contribution < -0.4 is 0 Å². The molecule has 0 amide bonds. The Bertz CT molecular complexity index is 284. The maximum absolute atomic E-state index is 11.0. The van der Waals surface area contributed by atoms with Crippen LogP contribution in [0.1, 0.15) is 49.5 Å². The summed E-state index contributed by atoms with van der Waals surface area (Å²) < 4.78 is 55.3. The Hall–Kier alpha value is -0.530. The largest absolute Gasteiger partial charge is 0.463 e. The van der Waals surface area contributed by atoms with Gasteiger partial charge in [0, 0.05) is 16.0 Å². The molecule has 0 N–H and O–H groups in total. The van der Waals surface area contributed by atoms with Gasteiger partial charge in [0.15, 0.2) is 0 Å². The van der Waals surface area contributed by atoms with Crippen LogP contribution in [-0.4, -0.2) is 12.1 Å². The molecule has 0 radical (unpaired) electrons. The monoisotopic (exact) mass is 151 g/mol. The highest BCUT2D eigenvalue weighted by molar-refractivity contribution is 5.69. The molecule has 2 nitrogen and oxygen atoms in total. The zero-order chi connectivity index (χ0) is 14.1. The molecule has 2 heteroatoms. The first-order chi connectivity index (χ1) is 7.38. The summed E-state index contributed by atoms with van der Waals surface area (Å²) >= 11 is 0. The summed E-state index contributed by atoms with van der Waals surface area (Å²) in [5, 5.41) is 0. The van der Waals surface area contributed by atoms with Crippen molar-refractivity contribution >= 4 is 5.97 Å². The summed E-state index contributed by atoms with van der Waals surface area (Å²) in [5.74, 6) is -0.706. The quantitative estimate of drug-likeness (QED) is 0.575. The molecule has 1 atom stereocenters. The van der Waals surface area contributed by atoms with Crippen molar-refractivity contribution in [3.63, 3.8) is 0 Å². The molecule has 0 fully saturated rings. The molecule has 0 aliphatic rings. The lowest BCUT2D eigenvalue weighted by atomic mass is 10.2. The summed E-state index contributed by atoms with van der Waals surface area (Å²) in [7, 11) is 0. The molecule has 0 saturated heterocycles. The van der Waals surface area contributed by atoms with E-state index in [1.54, 1.807) is 0 Å². The number of esters is 1. The van der Waals surface area contributed by atoms with Gasteiger partial charge in [-0.15, -0.1) is 0 Å². The van der Waals surface area contributed by atoms with Gasteiger partial charge in [0.25, 0.3) is 0 Å². The van der Waals surface area contributed by atoms with Crippen molar-refractivity contribution in [2.45, 2.75) is 46.0 Å². The Balaban J connectivity index is 5.06. The Morgan fingerprint density at radius 3 is 3.10 bits per heavy atom. The topological polar surface area (TPSA) is 26.3 Å². The van der Waals surface area contributed by atoms with E-state index in [1.165, 1.54) is 6.92 Å². The maximum atomic E-state index is 11.0. The number of carbonyl (C=O) groups excluding carboxylic acids is 1. The second kappa shape index (κ2) is 5.27.